The molecule has 1 atom stereocenters. The molecule has 0 amide bonds. The summed E-state index contributed by atoms with van der Waals surface area (Å²) >= 11 is 0. The van der Waals surface area contributed by atoms with E-state index >= 15 is 0 Å². The minimum atomic E-state index is -0.720. The molecule has 3 heteroatoms. The molecule has 1 aromatic carbocycles. The van der Waals surface area contributed by atoms with Crippen molar-refractivity contribution in [2.45, 2.75) is 33.0 Å². The standard InChI is InChI=1S/C13H17NO2/c1-9(2)12(13(15)16)14-7-10-5-3-4-6-11(10)8-14/h3-6,9,12H,7-8H2,1-2H3,(H,15,16). The van der Waals surface area contributed by atoms with Crippen molar-refractivity contribution in [3.8, 4) is 0 Å². The third-order valence-corrected chi connectivity index (χ3v) is 3.14. The van der Waals surface area contributed by atoms with Gasteiger partial charge in [-0.1, -0.05) is 38.1 Å². The fourth-order valence-electron chi connectivity index (χ4n) is 2.42. The van der Waals surface area contributed by atoms with E-state index in [-0.39, 0.29) is 12.0 Å². The Morgan fingerprint density at radius 2 is 1.75 bits per heavy atom. The van der Waals surface area contributed by atoms with E-state index in [2.05, 4.69) is 12.1 Å². The summed E-state index contributed by atoms with van der Waals surface area (Å²) in [5, 5.41) is 9.24. The maximum absolute atomic E-state index is 11.2. The first kappa shape index (κ1) is 11.1. The third kappa shape index (κ3) is 1.95. The van der Waals surface area contributed by atoms with Crippen molar-refractivity contribution in [1.29, 1.82) is 0 Å². The molecule has 1 heterocycles. The number of carboxylic acid groups (broad SMARTS) is 1. The van der Waals surface area contributed by atoms with Crippen LogP contribution in [0.5, 0.6) is 0 Å². The van der Waals surface area contributed by atoms with Crippen molar-refractivity contribution in [2.75, 3.05) is 0 Å². The van der Waals surface area contributed by atoms with Gasteiger partial charge in [-0.2, -0.15) is 0 Å². The van der Waals surface area contributed by atoms with Crippen LogP contribution in [0.1, 0.15) is 25.0 Å². The number of carboxylic acids is 1. The fourth-order valence-corrected chi connectivity index (χ4v) is 2.42. The predicted molar refractivity (Wildman–Crippen MR) is 62.0 cm³/mol. The minimum Gasteiger partial charge on any atom is -0.480 e. The lowest BCUT2D eigenvalue weighted by atomic mass is 10.0. The molecule has 16 heavy (non-hydrogen) atoms. The summed E-state index contributed by atoms with van der Waals surface area (Å²) < 4.78 is 0. The zero-order valence-corrected chi connectivity index (χ0v) is 9.68. The largest absolute Gasteiger partial charge is 0.480 e. The van der Waals surface area contributed by atoms with Gasteiger partial charge in [0.1, 0.15) is 6.04 Å². The van der Waals surface area contributed by atoms with Crippen molar-refractivity contribution in [3.63, 3.8) is 0 Å². The zero-order valence-electron chi connectivity index (χ0n) is 9.68. The minimum absolute atomic E-state index is 0.131. The van der Waals surface area contributed by atoms with Crippen molar-refractivity contribution >= 4 is 5.97 Å². The van der Waals surface area contributed by atoms with E-state index in [1.807, 2.05) is 30.9 Å². The van der Waals surface area contributed by atoms with Crippen LogP contribution in [-0.2, 0) is 17.9 Å². The van der Waals surface area contributed by atoms with Crippen molar-refractivity contribution < 1.29 is 9.90 Å². The molecular formula is C13H17NO2. The second-order valence-corrected chi connectivity index (χ2v) is 4.70. The number of nitrogens with zero attached hydrogens (tertiary/aromatic N) is 1. The van der Waals surface area contributed by atoms with Crippen molar-refractivity contribution in [2.24, 2.45) is 5.92 Å². The Labute approximate surface area is 95.7 Å². The van der Waals surface area contributed by atoms with Gasteiger partial charge in [-0.15, -0.1) is 0 Å². The van der Waals surface area contributed by atoms with E-state index in [9.17, 15) is 9.90 Å². The van der Waals surface area contributed by atoms with Gasteiger partial charge in [-0.25, -0.2) is 0 Å². The first-order valence-electron chi connectivity index (χ1n) is 5.63. The monoisotopic (exact) mass is 219 g/mol. The van der Waals surface area contributed by atoms with Gasteiger partial charge < -0.3 is 5.11 Å². The van der Waals surface area contributed by atoms with Crippen LogP contribution in [0.2, 0.25) is 0 Å². The maximum Gasteiger partial charge on any atom is 0.321 e. The van der Waals surface area contributed by atoms with E-state index in [0.717, 1.165) is 13.1 Å². The molecule has 0 spiro atoms. The molecule has 2 rings (SSSR count). The van der Waals surface area contributed by atoms with Crippen LogP contribution in [0.25, 0.3) is 0 Å². The van der Waals surface area contributed by atoms with Gasteiger partial charge in [-0.05, 0) is 17.0 Å². The molecule has 1 aliphatic heterocycles. The fraction of sp³-hybridized carbons (Fsp3) is 0.462. The Bertz CT molecular complexity index is 376. The molecule has 0 aliphatic carbocycles. The second kappa shape index (κ2) is 4.26. The van der Waals surface area contributed by atoms with E-state index in [1.54, 1.807) is 0 Å². The lowest BCUT2D eigenvalue weighted by Gasteiger charge is -2.26. The zero-order chi connectivity index (χ0) is 11.7. The van der Waals surface area contributed by atoms with Crippen molar-refractivity contribution in [1.82, 2.24) is 4.90 Å². The molecule has 86 valence electrons. The van der Waals surface area contributed by atoms with E-state index in [0.29, 0.717) is 0 Å². The summed E-state index contributed by atoms with van der Waals surface area (Å²) in [4.78, 5) is 13.3. The highest BCUT2D eigenvalue weighted by molar-refractivity contribution is 5.74. The lowest BCUT2D eigenvalue weighted by Crippen LogP contribution is -2.41. The Hall–Kier alpha value is -1.35. The van der Waals surface area contributed by atoms with Crippen LogP contribution in [0.4, 0.5) is 0 Å². The molecule has 1 aliphatic rings. The third-order valence-electron chi connectivity index (χ3n) is 3.14. The highest BCUT2D eigenvalue weighted by Crippen LogP contribution is 2.26. The molecule has 0 aromatic heterocycles. The number of hydrogen-bond donors (Lipinski definition) is 1. The van der Waals surface area contributed by atoms with E-state index in [1.165, 1.54) is 11.1 Å². The molecule has 0 saturated heterocycles. The molecule has 1 unspecified atom stereocenters. The average Bonchev–Trinajstić information content (AvgIpc) is 2.58. The van der Waals surface area contributed by atoms with Gasteiger partial charge in [0.2, 0.25) is 0 Å². The number of fused-ring (bicyclic) bond motifs is 1. The van der Waals surface area contributed by atoms with E-state index < -0.39 is 5.97 Å². The molecule has 1 N–H and O–H groups in total. The highest BCUT2D eigenvalue weighted by atomic mass is 16.4. The highest BCUT2D eigenvalue weighted by Gasteiger charge is 2.32. The first-order valence-corrected chi connectivity index (χ1v) is 5.63. The summed E-state index contributed by atoms with van der Waals surface area (Å²) in [5.41, 5.74) is 2.52. The SMILES string of the molecule is CC(C)C(C(=O)O)N1Cc2ccccc2C1. The molecule has 0 radical (unpaired) electrons. The molecule has 0 bridgehead atoms. The smallest absolute Gasteiger partial charge is 0.321 e. The summed E-state index contributed by atoms with van der Waals surface area (Å²) in [7, 11) is 0. The second-order valence-electron chi connectivity index (χ2n) is 4.70. The van der Waals surface area contributed by atoms with Crippen LogP contribution in [0.3, 0.4) is 0 Å². The van der Waals surface area contributed by atoms with E-state index in [4.69, 9.17) is 0 Å². The number of carbonyl (C=O) groups is 1. The summed E-state index contributed by atoms with van der Waals surface area (Å²) in [5.74, 6) is -0.588. The molecule has 3 nitrogen and oxygen atoms in total. The Kier molecular flexibility index (Phi) is 2.97. The van der Waals surface area contributed by atoms with Crippen LogP contribution >= 0.6 is 0 Å². The molecule has 0 fully saturated rings. The number of rotatable bonds is 3. The van der Waals surface area contributed by atoms with Crippen LogP contribution < -0.4 is 0 Å². The topological polar surface area (TPSA) is 40.5 Å². The van der Waals surface area contributed by atoms with Crippen LogP contribution in [-0.4, -0.2) is 22.0 Å². The molecule has 1 aromatic rings. The van der Waals surface area contributed by atoms with Gasteiger partial charge in [0.25, 0.3) is 0 Å². The number of aliphatic carboxylic acids is 1. The molecule has 0 saturated carbocycles. The van der Waals surface area contributed by atoms with Gasteiger partial charge in [0, 0.05) is 13.1 Å². The Balaban J connectivity index is 2.18. The van der Waals surface area contributed by atoms with Crippen LogP contribution in [0.15, 0.2) is 24.3 Å². The number of benzene rings is 1. The van der Waals surface area contributed by atoms with Crippen molar-refractivity contribution in [3.05, 3.63) is 35.4 Å². The van der Waals surface area contributed by atoms with Crippen LogP contribution in [0, 0.1) is 5.92 Å². The van der Waals surface area contributed by atoms with Gasteiger partial charge >= 0.3 is 5.97 Å². The summed E-state index contributed by atoms with van der Waals surface area (Å²) in [6.45, 7) is 5.43. The first-order chi connectivity index (χ1) is 7.59. The average molecular weight is 219 g/mol. The normalized spacial score (nSPS) is 17.4. The predicted octanol–water partition coefficient (Wildman–Crippen LogP) is 2.11. The van der Waals surface area contributed by atoms with Gasteiger partial charge in [0.05, 0.1) is 0 Å². The van der Waals surface area contributed by atoms with Gasteiger partial charge in [0.15, 0.2) is 0 Å². The summed E-state index contributed by atoms with van der Waals surface area (Å²) in [6.07, 6.45) is 0. The maximum atomic E-state index is 11.2. The molecular weight excluding hydrogens is 202 g/mol. The summed E-state index contributed by atoms with van der Waals surface area (Å²) in [6, 6.07) is 7.79. The lowest BCUT2D eigenvalue weighted by molar-refractivity contribution is -0.145. The quantitative estimate of drug-likeness (QED) is 0.846. The Morgan fingerprint density at radius 3 is 2.12 bits per heavy atom. The number of hydrogen-bond acceptors (Lipinski definition) is 2. The van der Waals surface area contributed by atoms with Gasteiger partial charge in [-0.3, -0.25) is 9.69 Å². The Morgan fingerprint density at radius 1 is 1.25 bits per heavy atom.